The van der Waals surface area contributed by atoms with Gasteiger partial charge in [0.2, 0.25) is 17.7 Å². The summed E-state index contributed by atoms with van der Waals surface area (Å²) in [6, 6.07) is 7.00. The lowest BCUT2D eigenvalue weighted by atomic mass is 9.78. The van der Waals surface area contributed by atoms with E-state index in [-0.39, 0.29) is 47.2 Å². The highest BCUT2D eigenvalue weighted by molar-refractivity contribution is 14.1. The Morgan fingerprint density at radius 1 is 0.980 bits per heavy atom. The number of halogens is 9. The lowest BCUT2D eigenvalue weighted by Gasteiger charge is -2.39. The van der Waals surface area contributed by atoms with Crippen molar-refractivity contribution in [2.24, 2.45) is 0 Å². The van der Waals surface area contributed by atoms with E-state index in [2.05, 4.69) is 25.9 Å². The monoisotopic (exact) mass is 963 g/mol. The average molecular weight is 963 g/mol. The third-order valence-corrected chi connectivity index (χ3v) is 11.0. The number of alkyl halides is 8. The lowest BCUT2D eigenvalue weighted by Crippen LogP contribution is -2.65. The van der Waals surface area contributed by atoms with E-state index in [1.165, 1.54) is 30.3 Å². The predicted molar refractivity (Wildman–Crippen MR) is 193 cm³/mol. The first-order valence-corrected chi connectivity index (χ1v) is 18.8. The summed E-state index contributed by atoms with van der Waals surface area (Å²) in [5.41, 5.74) is -3.16. The van der Waals surface area contributed by atoms with Crippen LogP contribution in [-0.4, -0.2) is 47.1 Å². The minimum Gasteiger partial charge on any atom is -0.358 e. The fourth-order valence-corrected chi connectivity index (χ4v) is 8.27. The molecule has 3 amide bonds. The van der Waals surface area contributed by atoms with Gasteiger partial charge in [0, 0.05) is 30.7 Å². The van der Waals surface area contributed by atoms with E-state index in [9.17, 15) is 45.1 Å². The number of aromatic amines is 1. The summed E-state index contributed by atoms with van der Waals surface area (Å²) in [5.74, 6) is -2.87. The molecular formula is C33H30F7I2N5O3S. The molecule has 4 N–H and O–H groups in total. The van der Waals surface area contributed by atoms with Crippen LogP contribution in [-0.2, 0) is 46.0 Å². The number of hydrogen-bond acceptors (Lipinski definition) is 5. The molecule has 2 aromatic carbocycles. The highest BCUT2D eigenvalue weighted by Gasteiger charge is 2.47. The van der Waals surface area contributed by atoms with Gasteiger partial charge < -0.3 is 20.9 Å². The molecular weight excluding hydrogens is 933 g/mol. The Morgan fingerprint density at radius 3 is 2.29 bits per heavy atom. The van der Waals surface area contributed by atoms with Crippen LogP contribution in [0.2, 0.25) is 0 Å². The predicted octanol–water partition coefficient (Wildman–Crippen LogP) is 7.38. The van der Waals surface area contributed by atoms with Gasteiger partial charge in [0.25, 0.3) is 0 Å². The Morgan fingerprint density at radius 2 is 1.69 bits per heavy atom. The van der Waals surface area contributed by atoms with Crippen LogP contribution in [0, 0.1) is 5.82 Å². The lowest BCUT2D eigenvalue weighted by molar-refractivity contribution is -0.141. The number of hydrogen-bond donors (Lipinski definition) is 4. The van der Waals surface area contributed by atoms with E-state index in [1.54, 1.807) is 19.9 Å². The number of para-hydroxylation sites is 1. The van der Waals surface area contributed by atoms with Crippen LogP contribution in [0.3, 0.4) is 0 Å². The smallest absolute Gasteiger partial charge is 0.358 e. The number of benzene rings is 2. The maximum atomic E-state index is 14.4. The molecule has 0 spiro atoms. The van der Waals surface area contributed by atoms with Crippen molar-refractivity contribution in [1.29, 1.82) is 0 Å². The van der Waals surface area contributed by atoms with Crippen LogP contribution in [0.1, 0.15) is 59.4 Å². The molecule has 18 heteroatoms. The molecule has 5 atom stereocenters. The largest absolute Gasteiger partial charge is 0.434 e. The molecule has 0 fully saturated rings. The topological polar surface area (TPSA) is 116 Å². The maximum Gasteiger partial charge on any atom is 0.434 e. The van der Waals surface area contributed by atoms with Gasteiger partial charge >= 0.3 is 12.4 Å². The highest BCUT2D eigenvalue weighted by atomic mass is 127. The molecule has 5 rings (SSSR count). The number of fused-ring (bicyclic) bond motifs is 3. The van der Waals surface area contributed by atoms with E-state index in [1.807, 2.05) is 45.2 Å². The average Bonchev–Trinajstić information content (AvgIpc) is 3.68. The van der Waals surface area contributed by atoms with Gasteiger partial charge in [0.1, 0.15) is 22.4 Å². The number of nitrogens with zero attached hydrogens (tertiary/aromatic N) is 1. The molecule has 4 aromatic rings. The molecule has 0 saturated heterocycles. The molecule has 1 aliphatic carbocycles. The van der Waals surface area contributed by atoms with Gasteiger partial charge in [-0.2, -0.15) is 26.3 Å². The van der Waals surface area contributed by atoms with E-state index in [4.69, 9.17) is 0 Å². The zero-order valence-corrected chi connectivity index (χ0v) is 31.9. The summed E-state index contributed by atoms with van der Waals surface area (Å²) in [5, 5.41) is 9.14. The number of H-pyrrole nitrogens is 1. The Labute approximate surface area is 318 Å². The molecule has 0 bridgehead atoms. The Balaban J connectivity index is 1.51. The van der Waals surface area contributed by atoms with Crippen LogP contribution in [0.25, 0.3) is 10.9 Å². The standard InChI is InChI=1S/C33H30F7I2N5O3S/c1-15(41)25(45-24(48)12-17-6-3-4-9-21(17)34)28(49)47-31(30(50)46-26(16(2)42)29-44-23(14-51-29)33(38,39)40)11-10-22-19(13-31)18-7-5-8-20(27(18)43-22)32(35,36)37/h3-9,14-16,25-26,43H,10-13H2,1-2H3,(H,45,48)(H,46,50)(H,47,49)/t15-,16-,25+,26+,31-/m1/s1. The Bertz CT molecular complexity index is 1950. The van der Waals surface area contributed by atoms with Crippen LogP contribution in [0.4, 0.5) is 30.7 Å². The van der Waals surface area contributed by atoms with Crippen molar-refractivity contribution in [3.8, 4) is 0 Å². The molecule has 8 nitrogen and oxygen atoms in total. The normalized spacial score (nSPS) is 18.7. The van der Waals surface area contributed by atoms with Gasteiger partial charge in [-0.05, 0) is 36.1 Å². The van der Waals surface area contributed by atoms with E-state index >= 15 is 0 Å². The SMILES string of the molecule is C[C@@H](I)[C@H](NC(=O)Cc1ccccc1F)C(=O)N[C@]1(C(=O)N[C@H](c2nc(C(F)(F)F)cs2)[C@@H](C)I)CCc2[nH]c3c(C(F)(F)F)cccc3c2C1. The zero-order valence-electron chi connectivity index (χ0n) is 26.7. The van der Waals surface area contributed by atoms with Crippen LogP contribution in [0.15, 0.2) is 47.8 Å². The number of carbonyl (C=O) groups is 3. The second-order valence-corrected chi connectivity index (χ2v) is 17.1. The molecule has 0 unspecified atom stereocenters. The van der Waals surface area contributed by atoms with Crippen molar-refractivity contribution < 1.29 is 45.1 Å². The van der Waals surface area contributed by atoms with Crippen molar-refractivity contribution >= 4 is 85.1 Å². The van der Waals surface area contributed by atoms with E-state index in [0.717, 1.165) is 11.4 Å². The summed E-state index contributed by atoms with van der Waals surface area (Å²) in [4.78, 5) is 48.0. The first kappa shape index (κ1) is 39.2. The first-order valence-electron chi connectivity index (χ1n) is 15.5. The Kier molecular flexibility index (Phi) is 11.6. The molecule has 0 aliphatic heterocycles. The Hall–Kier alpha value is -3.01. The van der Waals surface area contributed by atoms with Gasteiger partial charge in [-0.3, -0.25) is 14.4 Å². The van der Waals surface area contributed by atoms with Crippen molar-refractivity contribution in [2.45, 2.75) is 77.4 Å². The van der Waals surface area contributed by atoms with Gasteiger partial charge in [-0.25, -0.2) is 9.37 Å². The minimum atomic E-state index is -4.72. The third-order valence-electron chi connectivity index (χ3n) is 8.60. The van der Waals surface area contributed by atoms with Gasteiger partial charge in [-0.15, -0.1) is 11.3 Å². The van der Waals surface area contributed by atoms with E-state index in [0.29, 0.717) is 22.6 Å². The molecule has 274 valence electrons. The van der Waals surface area contributed by atoms with Crippen molar-refractivity contribution in [3.63, 3.8) is 0 Å². The second-order valence-electron chi connectivity index (χ2n) is 12.2. The molecule has 2 aromatic heterocycles. The summed E-state index contributed by atoms with van der Waals surface area (Å²) < 4.78 is 95.3. The number of rotatable bonds is 10. The van der Waals surface area contributed by atoms with Crippen LogP contribution >= 0.6 is 56.5 Å². The number of aryl methyl sites for hydroxylation is 1. The summed E-state index contributed by atoms with van der Waals surface area (Å²) in [7, 11) is 0. The molecule has 0 saturated carbocycles. The molecule has 2 heterocycles. The van der Waals surface area contributed by atoms with Gasteiger partial charge in [0.15, 0.2) is 5.69 Å². The number of thiazole rings is 1. The number of carbonyl (C=O) groups excluding carboxylic acids is 3. The summed E-state index contributed by atoms with van der Waals surface area (Å²) in [6.45, 7) is 3.29. The summed E-state index contributed by atoms with van der Waals surface area (Å²) in [6.07, 6.45) is -10.1. The van der Waals surface area contributed by atoms with Crippen LogP contribution in [0.5, 0.6) is 0 Å². The quantitative estimate of drug-likeness (QED) is 0.0755. The van der Waals surface area contributed by atoms with Crippen molar-refractivity contribution in [3.05, 3.63) is 86.7 Å². The summed E-state index contributed by atoms with van der Waals surface area (Å²) >= 11 is 4.55. The fourth-order valence-electron chi connectivity index (χ4n) is 6.02. The third kappa shape index (κ3) is 8.63. The molecule has 0 radical (unpaired) electrons. The van der Waals surface area contributed by atoms with Crippen molar-refractivity contribution in [2.75, 3.05) is 0 Å². The number of nitrogens with one attached hydrogen (secondary N) is 4. The van der Waals surface area contributed by atoms with Crippen molar-refractivity contribution in [1.82, 2.24) is 25.9 Å². The van der Waals surface area contributed by atoms with Gasteiger partial charge in [0.05, 0.1) is 23.5 Å². The minimum absolute atomic E-state index is 0.0268. The van der Waals surface area contributed by atoms with Gasteiger partial charge in [-0.1, -0.05) is 89.4 Å². The fraction of sp³-hybridized carbons (Fsp3) is 0.394. The van der Waals surface area contributed by atoms with Crippen LogP contribution < -0.4 is 16.0 Å². The zero-order chi connectivity index (χ0) is 37.5. The number of amides is 3. The molecule has 51 heavy (non-hydrogen) atoms. The highest BCUT2D eigenvalue weighted by Crippen LogP contribution is 2.41. The first-order chi connectivity index (χ1) is 23.8. The maximum absolute atomic E-state index is 14.4. The second kappa shape index (κ2) is 15.2. The number of aromatic nitrogens is 2. The van der Waals surface area contributed by atoms with E-state index < -0.39 is 72.6 Å². The molecule has 1 aliphatic rings.